The molecular formula is C16H21N3O. The van der Waals surface area contributed by atoms with Gasteiger partial charge in [0.05, 0.1) is 10.9 Å². The monoisotopic (exact) mass is 271 g/mol. The predicted octanol–water partition coefficient (Wildman–Crippen LogP) is 3.42. The topological polar surface area (TPSA) is 61.0 Å². The minimum absolute atomic E-state index is 0.251. The lowest BCUT2D eigenvalue weighted by Crippen LogP contribution is -2.29. The summed E-state index contributed by atoms with van der Waals surface area (Å²) in [6, 6.07) is 5.65. The van der Waals surface area contributed by atoms with Gasteiger partial charge in [-0.3, -0.25) is 0 Å². The lowest BCUT2D eigenvalue weighted by atomic mass is 9.80. The number of fused-ring (bicyclic) bond motifs is 1. The molecule has 1 saturated carbocycles. The third-order valence-electron chi connectivity index (χ3n) is 4.45. The van der Waals surface area contributed by atoms with E-state index in [4.69, 9.17) is 10.5 Å². The number of nitrogens with zero attached hydrogens (tertiary/aromatic N) is 2. The van der Waals surface area contributed by atoms with Crippen molar-refractivity contribution in [2.24, 2.45) is 11.8 Å². The Morgan fingerprint density at radius 3 is 2.80 bits per heavy atom. The van der Waals surface area contributed by atoms with Crippen LogP contribution in [0.2, 0.25) is 0 Å². The van der Waals surface area contributed by atoms with Gasteiger partial charge < -0.3 is 10.5 Å². The summed E-state index contributed by atoms with van der Waals surface area (Å²) in [4.78, 5) is 8.55. The number of ether oxygens (including phenoxy) is 1. The molecule has 3 atom stereocenters. The number of nitrogens with two attached hydrogens (primary N) is 1. The Morgan fingerprint density at radius 2 is 2.00 bits per heavy atom. The van der Waals surface area contributed by atoms with Crippen LogP contribution in [0.15, 0.2) is 24.5 Å². The second kappa shape index (κ2) is 5.27. The van der Waals surface area contributed by atoms with Gasteiger partial charge in [-0.15, -0.1) is 0 Å². The SMILES string of the molecule is CC1CCC(Oc2ncnc3ccc(N)cc23)CC1C. The summed E-state index contributed by atoms with van der Waals surface area (Å²) in [6.07, 6.45) is 5.22. The van der Waals surface area contributed by atoms with Gasteiger partial charge >= 0.3 is 0 Å². The van der Waals surface area contributed by atoms with E-state index in [2.05, 4.69) is 23.8 Å². The van der Waals surface area contributed by atoms with Gasteiger partial charge in [-0.05, 0) is 49.3 Å². The number of benzene rings is 1. The Hall–Kier alpha value is -1.84. The van der Waals surface area contributed by atoms with E-state index >= 15 is 0 Å². The molecule has 1 aliphatic rings. The van der Waals surface area contributed by atoms with Crippen LogP contribution in [0.4, 0.5) is 5.69 Å². The highest BCUT2D eigenvalue weighted by molar-refractivity contribution is 5.86. The minimum Gasteiger partial charge on any atom is -0.474 e. The zero-order valence-corrected chi connectivity index (χ0v) is 12.0. The Morgan fingerprint density at radius 1 is 1.15 bits per heavy atom. The average Bonchev–Trinajstić information content (AvgIpc) is 2.44. The van der Waals surface area contributed by atoms with E-state index < -0.39 is 0 Å². The Bertz CT molecular complexity index is 614. The minimum atomic E-state index is 0.251. The van der Waals surface area contributed by atoms with Crippen LogP contribution in [-0.4, -0.2) is 16.1 Å². The molecule has 0 spiro atoms. The summed E-state index contributed by atoms with van der Waals surface area (Å²) in [5, 5.41) is 0.902. The molecule has 20 heavy (non-hydrogen) atoms. The van der Waals surface area contributed by atoms with Crippen molar-refractivity contribution in [2.75, 3.05) is 5.73 Å². The second-order valence-corrected chi connectivity index (χ2v) is 5.96. The van der Waals surface area contributed by atoms with Crippen molar-refractivity contribution in [2.45, 2.75) is 39.2 Å². The van der Waals surface area contributed by atoms with Crippen LogP contribution in [0.5, 0.6) is 5.88 Å². The first-order chi connectivity index (χ1) is 9.63. The van der Waals surface area contributed by atoms with Crippen LogP contribution in [-0.2, 0) is 0 Å². The largest absolute Gasteiger partial charge is 0.474 e. The maximum absolute atomic E-state index is 6.14. The van der Waals surface area contributed by atoms with Gasteiger partial charge in [0, 0.05) is 5.69 Å². The van der Waals surface area contributed by atoms with Crippen LogP contribution in [0.1, 0.15) is 33.1 Å². The number of aromatic nitrogens is 2. The molecular weight excluding hydrogens is 250 g/mol. The molecule has 0 bridgehead atoms. The van der Waals surface area contributed by atoms with Crippen molar-refractivity contribution in [3.63, 3.8) is 0 Å². The van der Waals surface area contributed by atoms with E-state index in [0.717, 1.165) is 29.7 Å². The van der Waals surface area contributed by atoms with Crippen LogP contribution in [0, 0.1) is 11.8 Å². The molecule has 2 N–H and O–H groups in total. The Labute approximate surface area is 119 Å². The van der Waals surface area contributed by atoms with Crippen LogP contribution < -0.4 is 10.5 Å². The fraction of sp³-hybridized carbons (Fsp3) is 0.500. The molecule has 0 saturated heterocycles. The molecule has 1 aliphatic carbocycles. The third-order valence-corrected chi connectivity index (χ3v) is 4.45. The van der Waals surface area contributed by atoms with Gasteiger partial charge in [0.1, 0.15) is 12.4 Å². The number of hydrogen-bond donors (Lipinski definition) is 1. The van der Waals surface area contributed by atoms with Gasteiger partial charge in [-0.1, -0.05) is 13.8 Å². The first-order valence-corrected chi connectivity index (χ1v) is 7.30. The zero-order chi connectivity index (χ0) is 14.1. The molecule has 1 aromatic carbocycles. The summed E-state index contributed by atoms with van der Waals surface area (Å²) in [6.45, 7) is 4.62. The maximum atomic E-state index is 6.14. The van der Waals surface area contributed by atoms with Gasteiger partial charge in [0.2, 0.25) is 5.88 Å². The third kappa shape index (κ3) is 2.55. The molecule has 1 heterocycles. The quantitative estimate of drug-likeness (QED) is 0.850. The standard InChI is InChI=1S/C16H21N3O/c1-10-3-5-13(7-11(10)2)20-16-14-8-12(17)4-6-15(14)18-9-19-16/h4,6,8-11,13H,3,5,7,17H2,1-2H3. The average molecular weight is 271 g/mol. The van der Waals surface area contributed by atoms with Gasteiger partial charge in [0.25, 0.3) is 0 Å². The van der Waals surface area contributed by atoms with Crippen molar-refractivity contribution < 1.29 is 4.74 Å². The van der Waals surface area contributed by atoms with E-state index in [1.807, 2.05) is 18.2 Å². The normalized spacial score (nSPS) is 26.6. The Kier molecular flexibility index (Phi) is 3.47. The predicted molar refractivity (Wildman–Crippen MR) is 80.5 cm³/mol. The molecule has 0 radical (unpaired) electrons. The molecule has 3 unspecified atom stereocenters. The zero-order valence-electron chi connectivity index (χ0n) is 12.0. The number of hydrogen-bond acceptors (Lipinski definition) is 4. The molecule has 1 fully saturated rings. The highest BCUT2D eigenvalue weighted by Gasteiger charge is 2.26. The van der Waals surface area contributed by atoms with Gasteiger partial charge in [-0.25, -0.2) is 9.97 Å². The molecule has 0 amide bonds. The summed E-state index contributed by atoms with van der Waals surface area (Å²) < 4.78 is 6.14. The first-order valence-electron chi connectivity index (χ1n) is 7.30. The summed E-state index contributed by atoms with van der Waals surface area (Å²) in [5.74, 6) is 2.15. The van der Waals surface area contributed by atoms with E-state index in [1.54, 1.807) is 6.33 Å². The first kappa shape index (κ1) is 13.2. The lowest BCUT2D eigenvalue weighted by molar-refractivity contribution is 0.0979. The van der Waals surface area contributed by atoms with Crippen LogP contribution >= 0.6 is 0 Å². The van der Waals surface area contributed by atoms with Crippen molar-refractivity contribution in [3.8, 4) is 5.88 Å². The van der Waals surface area contributed by atoms with Gasteiger partial charge in [0.15, 0.2) is 0 Å². The van der Waals surface area contributed by atoms with E-state index in [0.29, 0.717) is 17.5 Å². The Balaban J connectivity index is 1.86. The molecule has 1 aromatic heterocycles. The molecule has 4 heteroatoms. The molecule has 2 aromatic rings. The van der Waals surface area contributed by atoms with Crippen molar-refractivity contribution in [3.05, 3.63) is 24.5 Å². The summed E-state index contributed by atoms with van der Waals surface area (Å²) in [5.41, 5.74) is 7.44. The smallest absolute Gasteiger partial charge is 0.224 e. The van der Waals surface area contributed by atoms with Crippen molar-refractivity contribution in [1.82, 2.24) is 9.97 Å². The number of nitrogen functional groups attached to an aromatic ring is 1. The lowest BCUT2D eigenvalue weighted by Gasteiger charge is -2.32. The maximum Gasteiger partial charge on any atom is 0.224 e. The van der Waals surface area contributed by atoms with Crippen molar-refractivity contribution >= 4 is 16.6 Å². The molecule has 4 nitrogen and oxygen atoms in total. The number of rotatable bonds is 2. The van der Waals surface area contributed by atoms with E-state index in [9.17, 15) is 0 Å². The fourth-order valence-corrected chi connectivity index (χ4v) is 2.91. The van der Waals surface area contributed by atoms with E-state index in [-0.39, 0.29) is 6.10 Å². The molecule has 3 rings (SSSR count). The van der Waals surface area contributed by atoms with Gasteiger partial charge in [-0.2, -0.15) is 0 Å². The van der Waals surface area contributed by atoms with Crippen LogP contribution in [0.3, 0.4) is 0 Å². The second-order valence-electron chi connectivity index (χ2n) is 5.96. The summed E-state index contributed by atoms with van der Waals surface area (Å²) in [7, 11) is 0. The summed E-state index contributed by atoms with van der Waals surface area (Å²) >= 11 is 0. The van der Waals surface area contributed by atoms with Crippen LogP contribution in [0.25, 0.3) is 10.9 Å². The molecule has 106 valence electrons. The highest BCUT2D eigenvalue weighted by Crippen LogP contribution is 2.33. The fourth-order valence-electron chi connectivity index (χ4n) is 2.91. The highest BCUT2D eigenvalue weighted by atomic mass is 16.5. The van der Waals surface area contributed by atoms with E-state index in [1.165, 1.54) is 6.42 Å². The molecule has 0 aliphatic heterocycles. The van der Waals surface area contributed by atoms with Crippen molar-refractivity contribution in [1.29, 1.82) is 0 Å². The number of anilines is 1.